The van der Waals surface area contributed by atoms with E-state index in [1.54, 1.807) is 0 Å². The molecule has 1 aromatic rings. The molecule has 1 N–H and O–H groups in total. The van der Waals surface area contributed by atoms with Gasteiger partial charge in [0.15, 0.2) is 5.82 Å². The van der Waals surface area contributed by atoms with E-state index in [2.05, 4.69) is 29.0 Å². The third-order valence-electron chi connectivity index (χ3n) is 2.22. The van der Waals surface area contributed by atoms with E-state index < -0.39 is 5.82 Å². The van der Waals surface area contributed by atoms with Crippen LogP contribution in [0.5, 0.6) is 0 Å². The highest BCUT2D eigenvalue weighted by Crippen LogP contribution is 2.38. The molecule has 2 heterocycles. The van der Waals surface area contributed by atoms with E-state index in [4.69, 9.17) is 5.26 Å². The van der Waals surface area contributed by atoms with Gasteiger partial charge in [0.25, 0.3) is 0 Å². The Labute approximate surface area is 108 Å². The Morgan fingerprint density at radius 2 is 2.47 bits per heavy atom. The molecule has 0 saturated carbocycles. The van der Waals surface area contributed by atoms with E-state index >= 15 is 0 Å². The maximum absolute atomic E-state index is 13.4. The zero-order chi connectivity index (χ0) is 12.4. The van der Waals surface area contributed by atoms with Crippen LogP contribution < -0.4 is 5.32 Å². The van der Waals surface area contributed by atoms with E-state index in [9.17, 15) is 4.39 Å². The van der Waals surface area contributed by atoms with Gasteiger partial charge in [0.1, 0.15) is 16.5 Å². The van der Waals surface area contributed by atoms with Crippen LogP contribution in [0.3, 0.4) is 0 Å². The summed E-state index contributed by atoms with van der Waals surface area (Å²) >= 11 is 5.62. The number of hydrogen-bond donors (Lipinski definition) is 2. The van der Waals surface area contributed by atoms with Crippen molar-refractivity contribution in [2.45, 2.75) is 5.37 Å². The van der Waals surface area contributed by atoms with Crippen molar-refractivity contribution in [2.24, 2.45) is 0 Å². The van der Waals surface area contributed by atoms with Crippen molar-refractivity contribution in [3.63, 3.8) is 0 Å². The molecule has 0 aromatic carbocycles. The number of rotatable bonds is 2. The number of anilines is 1. The largest absolute Gasteiger partial charge is 0.346 e. The Balaban J connectivity index is 2.28. The number of nitrogens with zero attached hydrogens (tertiary/aromatic N) is 3. The monoisotopic (exact) mass is 268 g/mol. The number of nitrogens with one attached hydrogen (secondary N) is 1. The third kappa shape index (κ3) is 2.39. The first-order chi connectivity index (χ1) is 8.13. The van der Waals surface area contributed by atoms with Crippen molar-refractivity contribution in [2.75, 3.05) is 12.4 Å². The van der Waals surface area contributed by atoms with Crippen LogP contribution in [0.25, 0.3) is 0 Å². The molecule has 1 unspecified atom stereocenters. The lowest BCUT2D eigenvalue weighted by molar-refractivity contribution is 0.604. The summed E-state index contributed by atoms with van der Waals surface area (Å²) in [5.74, 6) is -0.455. The van der Waals surface area contributed by atoms with Crippen molar-refractivity contribution < 1.29 is 4.39 Å². The maximum Gasteiger partial charge on any atom is 0.164 e. The highest BCUT2D eigenvalue weighted by atomic mass is 32.2. The fraction of sp³-hybridized carbons (Fsp3) is 0.200. The standard InChI is InChI=1S/C10H9FN4S2/c1-15-10(16)6(4-12)9(17-15)14-8-2-3-13-5-7(8)11/h2-3,5,10,16H,1H3,(H,13,14). The summed E-state index contributed by atoms with van der Waals surface area (Å²) < 4.78 is 15.2. The molecular formula is C10H9FN4S2. The van der Waals surface area contributed by atoms with E-state index in [-0.39, 0.29) is 5.37 Å². The SMILES string of the molecule is CN1SC(Nc2ccncc2F)=C(C#N)C1S. The van der Waals surface area contributed by atoms with Gasteiger partial charge < -0.3 is 5.32 Å². The van der Waals surface area contributed by atoms with Crippen molar-refractivity contribution in [1.82, 2.24) is 9.29 Å². The molecule has 7 heteroatoms. The molecule has 1 aromatic heterocycles. The van der Waals surface area contributed by atoms with Gasteiger partial charge in [-0.25, -0.2) is 8.70 Å². The van der Waals surface area contributed by atoms with Gasteiger partial charge in [-0.1, -0.05) is 0 Å². The Hall–Kier alpha value is -1.23. The second-order valence-corrected chi connectivity index (χ2v) is 5.00. The minimum absolute atomic E-state index is 0.280. The van der Waals surface area contributed by atoms with Gasteiger partial charge in [0.05, 0.1) is 17.5 Å². The lowest BCUT2D eigenvalue weighted by Gasteiger charge is -2.11. The summed E-state index contributed by atoms with van der Waals surface area (Å²) in [6, 6.07) is 3.59. The first kappa shape index (κ1) is 12.2. The van der Waals surface area contributed by atoms with Crippen molar-refractivity contribution in [3.8, 4) is 6.07 Å². The number of likely N-dealkylation sites (N-methyl/N-ethyl adjacent to an activating group) is 1. The molecule has 1 atom stereocenters. The van der Waals surface area contributed by atoms with Gasteiger partial charge in [0.2, 0.25) is 0 Å². The fourth-order valence-corrected chi connectivity index (χ4v) is 2.66. The summed E-state index contributed by atoms with van der Waals surface area (Å²) in [4.78, 5) is 3.66. The molecule has 4 nitrogen and oxygen atoms in total. The number of hydrogen-bond acceptors (Lipinski definition) is 6. The lowest BCUT2D eigenvalue weighted by atomic mass is 10.3. The van der Waals surface area contributed by atoms with Crippen LogP contribution in [-0.4, -0.2) is 21.7 Å². The molecular weight excluding hydrogens is 259 g/mol. The summed E-state index contributed by atoms with van der Waals surface area (Å²) in [6.45, 7) is 0. The average molecular weight is 268 g/mol. The van der Waals surface area contributed by atoms with Crippen LogP contribution >= 0.6 is 24.6 Å². The van der Waals surface area contributed by atoms with Gasteiger partial charge in [-0.2, -0.15) is 17.9 Å². The molecule has 88 valence electrons. The summed E-state index contributed by atoms with van der Waals surface area (Å²) in [5, 5.41) is 12.2. The minimum Gasteiger partial charge on any atom is -0.346 e. The number of pyridine rings is 1. The fourth-order valence-electron chi connectivity index (χ4n) is 1.34. The quantitative estimate of drug-likeness (QED) is 0.636. The van der Waals surface area contributed by atoms with Crippen molar-refractivity contribution in [1.29, 1.82) is 5.26 Å². The topological polar surface area (TPSA) is 52.0 Å². The van der Waals surface area contributed by atoms with Crippen LogP contribution in [0.1, 0.15) is 0 Å². The first-order valence-corrected chi connectivity index (χ1v) is 6.02. The van der Waals surface area contributed by atoms with Crippen LogP contribution in [0.15, 0.2) is 29.1 Å². The maximum atomic E-state index is 13.4. The van der Waals surface area contributed by atoms with Gasteiger partial charge in [0, 0.05) is 6.20 Å². The molecule has 1 aliphatic rings. The molecule has 1 aliphatic heterocycles. The highest BCUT2D eigenvalue weighted by Gasteiger charge is 2.29. The number of nitriles is 1. The van der Waals surface area contributed by atoms with Crippen molar-refractivity contribution >= 4 is 30.3 Å². The second-order valence-electron chi connectivity index (χ2n) is 3.35. The van der Waals surface area contributed by atoms with E-state index in [0.29, 0.717) is 16.3 Å². The summed E-state index contributed by atoms with van der Waals surface area (Å²) in [6.07, 6.45) is 2.61. The first-order valence-electron chi connectivity index (χ1n) is 4.73. The van der Waals surface area contributed by atoms with Crippen molar-refractivity contribution in [3.05, 3.63) is 34.9 Å². The lowest BCUT2D eigenvalue weighted by Crippen LogP contribution is -2.15. The Bertz CT molecular complexity index is 511. The number of halogens is 1. The minimum atomic E-state index is -0.455. The molecule has 0 radical (unpaired) electrons. The predicted molar refractivity (Wildman–Crippen MR) is 68.6 cm³/mol. The normalized spacial score (nSPS) is 20.5. The van der Waals surface area contributed by atoms with Crippen LogP contribution in [0.2, 0.25) is 0 Å². The molecule has 0 aliphatic carbocycles. The predicted octanol–water partition coefficient (Wildman–Crippen LogP) is 2.22. The Kier molecular flexibility index (Phi) is 3.57. The average Bonchev–Trinajstić information content (AvgIpc) is 2.58. The molecule has 0 amide bonds. The molecule has 2 rings (SSSR count). The molecule has 0 fully saturated rings. The molecule has 0 saturated heterocycles. The van der Waals surface area contributed by atoms with E-state index in [1.807, 2.05) is 11.4 Å². The van der Waals surface area contributed by atoms with Gasteiger partial charge >= 0.3 is 0 Å². The van der Waals surface area contributed by atoms with Gasteiger partial charge in [-0.3, -0.25) is 4.98 Å². The molecule has 0 bridgehead atoms. The number of thiol groups is 1. The smallest absolute Gasteiger partial charge is 0.164 e. The van der Waals surface area contributed by atoms with Gasteiger partial charge in [-0.05, 0) is 25.1 Å². The third-order valence-corrected chi connectivity index (χ3v) is 3.99. The highest BCUT2D eigenvalue weighted by molar-refractivity contribution is 8.02. The zero-order valence-corrected chi connectivity index (χ0v) is 10.6. The zero-order valence-electron chi connectivity index (χ0n) is 8.88. The summed E-state index contributed by atoms with van der Waals surface area (Å²) in [5.41, 5.74) is 0.781. The Morgan fingerprint density at radius 3 is 3.12 bits per heavy atom. The Morgan fingerprint density at radius 1 is 1.71 bits per heavy atom. The van der Waals surface area contributed by atoms with E-state index in [0.717, 1.165) is 6.20 Å². The second kappa shape index (κ2) is 4.96. The van der Waals surface area contributed by atoms with Crippen LogP contribution in [0.4, 0.5) is 10.1 Å². The number of aromatic nitrogens is 1. The molecule has 0 spiro atoms. The van der Waals surface area contributed by atoms with Crippen LogP contribution in [0, 0.1) is 17.1 Å². The summed E-state index contributed by atoms with van der Waals surface area (Å²) in [7, 11) is 1.82. The molecule has 17 heavy (non-hydrogen) atoms. The van der Waals surface area contributed by atoms with E-state index in [1.165, 1.54) is 24.2 Å². The van der Waals surface area contributed by atoms with Gasteiger partial charge in [-0.15, -0.1) is 0 Å². The van der Waals surface area contributed by atoms with Crippen LogP contribution in [-0.2, 0) is 0 Å².